The second-order valence-corrected chi connectivity index (χ2v) is 4.43. The van der Waals surface area contributed by atoms with E-state index in [-0.39, 0.29) is 11.5 Å². The number of anilines is 3. The molecule has 0 saturated heterocycles. The van der Waals surface area contributed by atoms with Gasteiger partial charge in [0.1, 0.15) is 11.9 Å². The first-order valence-corrected chi connectivity index (χ1v) is 6.23. The number of benzene rings is 1. The van der Waals surface area contributed by atoms with Crippen molar-refractivity contribution in [1.82, 2.24) is 4.98 Å². The molecular formula is C13H10ClN5O2. The minimum Gasteiger partial charge on any atom is -0.373 e. The first kappa shape index (κ1) is 14.6. The molecule has 106 valence electrons. The van der Waals surface area contributed by atoms with Crippen LogP contribution in [0, 0.1) is 21.4 Å². The highest BCUT2D eigenvalue weighted by Crippen LogP contribution is 2.29. The lowest BCUT2D eigenvalue weighted by atomic mass is 10.2. The van der Waals surface area contributed by atoms with Crippen molar-refractivity contribution in [3.63, 3.8) is 0 Å². The average molecular weight is 304 g/mol. The molecule has 0 amide bonds. The molecule has 7 nitrogen and oxygen atoms in total. The lowest BCUT2D eigenvalue weighted by Gasteiger charge is -2.09. The van der Waals surface area contributed by atoms with Gasteiger partial charge in [-0.15, -0.1) is 0 Å². The van der Waals surface area contributed by atoms with Crippen LogP contribution in [-0.2, 0) is 0 Å². The summed E-state index contributed by atoms with van der Waals surface area (Å²) >= 11 is 5.88. The first-order valence-electron chi connectivity index (χ1n) is 5.85. The van der Waals surface area contributed by atoms with Gasteiger partial charge in [0.15, 0.2) is 0 Å². The maximum atomic E-state index is 11.0. The van der Waals surface area contributed by atoms with Gasteiger partial charge in [0.2, 0.25) is 5.82 Å². The van der Waals surface area contributed by atoms with Crippen LogP contribution >= 0.6 is 11.6 Å². The number of hydrogen-bond acceptors (Lipinski definition) is 6. The van der Waals surface area contributed by atoms with Gasteiger partial charge in [-0.1, -0.05) is 11.6 Å². The number of pyridine rings is 1. The molecule has 0 fully saturated rings. The van der Waals surface area contributed by atoms with E-state index in [1.54, 1.807) is 13.1 Å². The molecule has 0 saturated carbocycles. The number of nitrogens with zero attached hydrogens (tertiary/aromatic N) is 3. The highest BCUT2D eigenvalue weighted by atomic mass is 35.5. The van der Waals surface area contributed by atoms with Gasteiger partial charge in [-0.25, -0.2) is 4.98 Å². The Balaban J connectivity index is 2.50. The van der Waals surface area contributed by atoms with Gasteiger partial charge in [0.05, 0.1) is 16.2 Å². The van der Waals surface area contributed by atoms with E-state index >= 15 is 0 Å². The summed E-state index contributed by atoms with van der Waals surface area (Å²) in [5, 5.41) is 26.1. The highest BCUT2D eigenvalue weighted by molar-refractivity contribution is 6.30. The Kier molecular flexibility index (Phi) is 4.21. The minimum absolute atomic E-state index is 0.0330. The van der Waals surface area contributed by atoms with Gasteiger partial charge >= 0.3 is 5.69 Å². The molecular weight excluding hydrogens is 294 g/mol. The average Bonchev–Trinajstić information content (AvgIpc) is 2.47. The Hall–Kier alpha value is -2.85. The predicted octanol–water partition coefficient (Wildman–Crippen LogP) is 3.30. The molecule has 0 radical (unpaired) electrons. The summed E-state index contributed by atoms with van der Waals surface area (Å²) < 4.78 is 0. The van der Waals surface area contributed by atoms with Gasteiger partial charge in [0.25, 0.3) is 0 Å². The number of aromatic nitrogens is 1. The molecule has 1 heterocycles. The van der Waals surface area contributed by atoms with Gasteiger partial charge in [0, 0.05) is 18.1 Å². The van der Waals surface area contributed by atoms with Crippen molar-refractivity contribution >= 4 is 34.6 Å². The zero-order chi connectivity index (χ0) is 15.4. The van der Waals surface area contributed by atoms with Gasteiger partial charge < -0.3 is 10.6 Å². The van der Waals surface area contributed by atoms with Crippen LogP contribution in [0.25, 0.3) is 0 Å². The molecule has 0 atom stereocenters. The Labute approximate surface area is 125 Å². The quantitative estimate of drug-likeness (QED) is 0.663. The number of halogens is 1. The van der Waals surface area contributed by atoms with Crippen molar-refractivity contribution in [3.05, 3.63) is 51.0 Å². The van der Waals surface area contributed by atoms with Crippen LogP contribution < -0.4 is 10.6 Å². The molecule has 0 bridgehead atoms. The Morgan fingerprint density at radius 1 is 1.38 bits per heavy atom. The van der Waals surface area contributed by atoms with E-state index in [9.17, 15) is 10.1 Å². The number of nitriles is 1. The molecule has 2 N–H and O–H groups in total. The summed E-state index contributed by atoms with van der Waals surface area (Å²) in [6.45, 7) is 0. The third kappa shape index (κ3) is 3.19. The van der Waals surface area contributed by atoms with Crippen molar-refractivity contribution in [3.8, 4) is 6.07 Å². The van der Waals surface area contributed by atoms with Crippen LogP contribution in [0.2, 0.25) is 5.02 Å². The van der Waals surface area contributed by atoms with E-state index in [1.807, 2.05) is 6.07 Å². The third-order valence-corrected chi connectivity index (χ3v) is 2.92. The predicted molar refractivity (Wildman–Crippen MR) is 79.9 cm³/mol. The van der Waals surface area contributed by atoms with E-state index in [4.69, 9.17) is 16.9 Å². The molecule has 0 aliphatic carbocycles. The van der Waals surface area contributed by atoms with E-state index in [1.165, 1.54) is 24.3 Å². The molecule has 1 aromatic carbocycles. The number of rotatable bonds is 4. The maximum absolute atomic E-state index is 11.0. The summed E-state index contributed by atoms with van der Waals surface area (Å²) in [5.41, 5.74) is 0.470. The van der Waals surface area contributed by atoms with Crippen molar-refractivity contribution in [2.75, 3.05) is 17.7 Å². The number of nitrogens with one attached hydrogen (secondary N) is 2. The molecule has 8 heteroatoms. The van der Waals surface area contributed by atoms with E-state index in [0.29, 0.717) is 22.1 Å². The smallest absolute Gasteiger partial charge is 0.311 e. The fraction of sp³-hybridized carbons (Fsp3) is 0.0769. The molecule has 1 aromatic heterocycles. The van der Waals surface area contributed by atoms with E-state index in [0.717, 1.165) is 0 Å². The lowest BCUT2D eigenvalue weighted by Crippen LogP contribution is -2.03. The van der Waals surface area contributed by atoms with Crippen LogP contribution in [0.15, 0.2) is 30.3 Å². The Morgan fingerprint density at radius 2 is 2.14 bits per heavy atom. The summed E-state index contributed by atoms with van der Waals surface area (Å²) in [4.78, 5) is 14.6. The SMILES string of the molecule is CNc1ccc([N+](=O)[O-])c(Nc2cc(Cl)ccc2C#N)n1. The van der Waals surface area contributed by atoms with Gasteiger partial charge in [-0.3, -0.25) is 10.1 Å². The van der Waals surface area contributed by atoms with E-state index in [2.05, 4.69) is 15.6 Å². The molecule has 21 heavy (non-hydrogen) atoms. The van der Waals surface area contributed by atoms with Crippen molar-refractivity contribution in [2.24, 2.45) is 0 Å². The molecule has 0 unspecified atom stereocenters. The summed E-state index contributed by atoms with van der Waals surface area (Å²) in [6.07, 6.45) is 0. The molecule has 2 rings (SSSR count). The first-order chi connectivity index (χ1) is 10.0. The van der Waals surface area contributed by atoms with Gasteiger partial charge in [-0.2, -0.15) is 5.26 Å². The zero-order valence-corrected chi connectivity index (χ0v) is 11.7. The summed E-state index contributed by atoms with van der Waals surface area (Å²) in [5.74, 6) is 0.495. The molecule has 2 aromatic rings. The van der Waals surface area contributed by atoms with Crippen molar-refractivity contribution in [1.29, 1.82) is 5.26 Å². The van der Waals surface area contributed by atoms with Crippen LogP contribution in [0.3, 0.4) is 0 Å². The van der Waals surface area contributed by atoms with Crippen LogP contribution in [0.4, 0.5) is 23.0 Å². The third-order valence-electron chi connectivity index (χ3n) is 2.68. The second kappa shape index (κ2) is 6.07. The van der Waals surface area contributed by atoms with E-state index < -0.39 is 4.92 Å². The second-order valence-electron chi connectivity index (χ2n) is 4.00. The normalized spacial score (nSPS) is 9.76. The molecule has 0 spiro atoms. The Morgan fingerprint density at radius 3 is 2.76 bits per heavy atom. The largest absolute Gasteiger partial charge is 0.373 e. The highest BCUT2D eigenvalue weighted by Gasteiger charge is 2.17. The zero-order valence-electron chi connectivity index (χ0n) is 10.9. The monoisotopic (exact) mass is 303 g/mol. The topological polar surface area (TPSA) is 104 Å². The van der Waals surface area contributed by atoms with Crippen molar-refractivity contribution in [2.45, 2.75) is 0 Å². The molecule has 0 aliphatic heterocycles. The Bertz CT molecular complexity index is 742. The summed E-state index contributed by atoms with van der Waals surface area (Å²) in [7, 11) is 1.65. The fourth-order valence-corrected chi connectivity index (χ4v) is 1.85. The van der Waals surface area contributed by atoms with Crippen molar-refractivity contribution < 1.29 is 4.92 Å². The number of nitro groups is 1. The standard InChI is InChI=1S/C13H10ClN5O2/c1-16-12-5-4-11(19(20)21)13(18-12)17-10-6-9(14)3-2-8(10)7-15/h2-6H,1H3,(H2,16,17,18). The lowest BCUT2D eigenvalue weighted by molar-refractivity contribution is -0.384. The number of hydrogen-bond donors (Lipinski definition) is 2. The van der Waals surface area contributed by atoms with Crippen LogP contribution in [-0.4, -0.2) is 17.0 Å². The van der Waals surface area contributed by atoms with Crippen LogP contribution in [0.5, 0.6) is 0 Å². The minimum atomic E-state index is -0.550. The van der Waals surface area contributed by atoms with Gasteiger partial charge in [-0.05, 0) is 24.3 Å². The maximum Gasteiger partial charge on any atom is 0.311 e. The van der Waals surface area contributed by atoms with Crippen LogP contribution in [0.1, 0.15) is 5.56 Å². The summed E-state index contributed by atoms with van der Waals surface area (Å²) in [6, 6.07) is 9.41. The fourth-order valence-electron chi connectivity index (χ4n) is 1.68. The molecule has 0 aliphatic rings.